The monoisotopic (exact) mass is 486 g/mol. The van der Waals surface area contributed by atoms with Gasteiger partial charge in [0.25, 0.3) is 0 Å². The molecule has 1 fully saturated rings. The van der Waals surface area contributed by atoms with Gasteiger partial charge in [-0.05, 0) is 78.3 Å². The van der Waals surface area contributed by atoms with Crippen molar-refractivity contribution in [3.05, 3.63) is 101 Å². The Morgan fingerprint density at radius 2 is 1.86 bits per heavy atom. The molecule has 36 heavy (non-hydrogen) atoms. The van der Waals surface area contributed by atoms with Gasteiger partial charge in [-0.2, -0.15) is 8.78 Å². The first-order valence-electron chi connectivity index (χ1n) is 11.8. The van der Waals surface area contributed by atoms with Crippen LogP contribution in [-0.4, -0.2) is 26.5 Å². The molecule has 0 radical (unpaired) electrons. The molecule has 9 heteroatoms. The summed E-state index contributed by atoms with van der Waals surface area (Å²) in [5.41, 5.74) is 12.0. The number of hydrogen-bond acceptors (Lipinski definition) is 7. The summed E-state index contributed by atoms with van der Waals surface area (Å²) in [7, 11) is 0. The number of alkyl halides is 2. The molecule has 0 saturated heterocycles. The second-order valence-electron chi connectivity index (χ2n) is 9.23. The molecule has 7 nitrogen and oxygen atoms in total. The van der Waals surface area contributed by atoms with Crippen LogP contribution in [0.4, 0.5) is 8.78 Å². The maximum absolute atomic E-state index is 13.3. The van der Waals surface area contributed by atoms with E-state index in [1.807, 2.05) is 36.4 Å². The first-order valence-corrected chi connectivity index (χ1v) is 11.8. The highest BCUT2D eigenvalue weighted by molar-refractivity contribution is 5.63. The van der Waals surface area contributed by atoms with Gasteiger partial charge in [0, 0.05) is 35.9 Å². The minimum Gasteiger partial charge on any atom is -0.434 e. The zero-order valence-corrected chi connectivity index (χ0v) is 19.5. The quantitative estimate of drug-likeness (QED) is 0.412. The number of rotatable bonds is 6. The van der Waals surface area contributed by atoms with Crippen molar-refractivity contribution in [2.75, 3.05) is 0 Å². The molecule has 1 aliphatic heterocycles. The molecule has 3 N–H and O–H groups in total. The van der Waals surface area contributed by atoms with Crippen LogP contribution < -0.4 is 15.8 Å². The highest BCUT2D eigenvalue weighted by Gasteiger charge is 2.47. The molecule has 0 bridgehead atoms. The summed E-state index contributed by atoms with van der Waals surface area (Å²) in [5.74, 6) is 0.448. The molecule has 0 spiro atoms. The highest BCUT2D eigenvalue weighted by Crippen LogP contribution is 2.50. The number of nitrogens with zero attached hydrogens (tertiary/aromatic N) is 4. The number of benzene rings is 1. The van der Waals surface area contributed by atoms with Crippen LogP contribution in [0.5, 0.6) is 5.75 Å². The molecule has 182 valence electrons. The van der Waals surface area contributed by atoms with Crippen LogP contribution in [0.15, 0.2) is 67.5 Å². The van der Waals surface area contributed by atoms with Gasteiger partial charge in [-0.25, -0.2) is 9.97 Å². The molecule has 0 amide bonds. The van der Waals surface area contributed by atoms with E-state index in [-0.39, 0.29) is 11.7 Å². The second kappa shape index (κ2) is 8.69. The lowest BCUT2D eigenvalue weighted by Crippen LogP contribution is -2.42. The number of nitrogens with one attached hydrogen (secondary N) is 1. The topological polar surface area (TPSA) is 98.8 Å². The lowest BCUT2D eigenvalue weighted by Gasteiger charge is -2.34. The van der Waals surface area contributed by atoms with Crippen LogP contribution in [0.1, 0.15) is 58.4 Å². The third kappa shape index (κ3) is 3.71. The molecule has 6 rings (SSSR count). The van der Waals surface area contributed by atoms with E-state index in [4.69, 9.17) is 10.5 Å². The largest absolute Gasteiger partial charge is 0.434 e. The molecule has 4 heterocycles. The molecular formula is C27H24F2N6O. The van der Waals surface area contributed by atoms with Crippen molar-refractivity contribution >= 4 is 0 Å². The summed E-state index contributed by atoms with van der Waals surface area (Å²) in [5, 5.41) is 3.59. The summed E-state index contributed by atoms with van der Waals surface area (Å²) in [4.78, 5) is 17.4. The van der Waals surface area contributed by atoms with E-state index in [0.717, 1.165) is 46.4 Å². The lowest BCUT2D eigenvalue weighted by molar-refractivity contribution is -0.0509. The SMILES string of the molecule is Cc1cc(C2(c3ccnc(-c4cncnc4)c3)NC(N)c3ncccc32)cc(C2CC2)c1OC(F)F. The van der Waals surface area contributed by atoms with Crippen LogP contribution in [0, 0.1) is 6.92 Å². The first kappa shape index (κ1) is 22.6. The number of hydrogen-bond donors (Lipinski definition) is 2. The van der Waals surface area contributed by atoms with Crippen LogP contribution in [0.3, 0.4) is 0 Å². The fourth-order valence-electron chi connectivity index (χ4n) is 5.22. The smallest absolute Gasteiger partial charge is 0.387 e. The summed E-state index contributed by atoms with van der Waals surface area (Å²) >= 11 is 0. The first-order chi connectivity index (χ1) is 17.5. The van der Waals surface area contributed by atoms with Gasteiger partial charge >= 0.3 is 6.61 Å². The van der Waals surface area contributed by atoms with Gasteiger partial charge in [0.2, 0.25) is 0 Å². The van der Waals surface area contributed by atoms with E-state index in [1.54, 1.807) is 31.7 Å². The lowest BCUT2D eigenvalue weighted by atomic mass is 9.77. The standard InChI is InChI=1S/C27H24F2N6O/c1-15-9-19(10-20(16-4-5-16)24(15)36-26(28)29)27(21-3-2-7-34-23(21)25(30)35-27)18-6-8-33-22(11-18)17-12-31-14-32-13-17/h2-3,6-14,16,25-26,35H,4-5,30H2,1H3. The number of pyridine rings is 2. The van der Waals surface area contributed by atoms with Gasteiger partial charge in [-0.15, -0.1) is 0 Å². The van der Waals surface area contributed by atoms with Crippen molar-refractivity contribution < 1.29 is 13.5 Å². The van der Waals surface area contributed by atoms with E-state index in [2.05, 4.69) is 25.3 Å². The number of fused-ring (bicyclic) bond motifs is 1. The maximum atomic E-state index is 13.3. The van der Waals surface area contributed by atoms with E-state index in [9.17, 15) is 8.78 Å². The summed E-state index contributed by atoms with van der Waals surface area (Å²) in [6.45, 7) is -1.08. The Morgan fingerprint density at radius 3 is 2.61 bits per heavy atom. The van der Waals surface area contributed by atoms with E-state index < -0.39 is 18.3 Å². The Hall–Kier alpha value is -3.82. The Morgan fingerprint density at radius 1 is 1.06 bits per heavy atom. The molecular weight excluding hydrogens is 462 g/mol. The van der Waals surface area contributed by atoms with Crippen molar-refractivity contribution in [3.63, 3.8) is 0 Å². The Bertz CT molecular complexity index is 1430. The summed E-state index contributed by atoms with van der Waals surface area (Å²) in [6.07, 6.45) is 9.70. The van der Waals surface area contributed by atoms with Gasteiger partial charge in [-0.3, -0.25) is 15.3 Å². The highest BCUT2D eigenvalue weighted by atomic mass is 19.3. The number of ether oxygens (including phenoxy) is 1. The van der Waals surface area contributed by atoms with Crippen LogP contribution in [0.25, 0.3) is 11.3 Å². The van der Waals surface area contributed by atoms with E-state index in [0.29, 0.717) is 11.3 Å². The van der Waals surface area contributed by atoms with Gasteiger partial charge in [0.05, 0.1) is 16.9 Å². The van der Waals surface area contributed by atoms with Gasteiger partial charge in [0.15, 0.2) is 0 Å². The molecule has 1 aliphatic carbocycles. The number of aryl methyl sites for hydroxylation is 1. The molecule has 2 unspecified atom stereocenters. The van der Waals surface area contributed by atoms with E-state index >= 15 is 0 Å². The van der Waals surface area contributed by atoms with Crippen LogP contribution in [-0.2, 0) is 5.54 Å². The zero-order chi connectivity index (χ0) is 24.9. The van der Waals surface area contributed by atoms with Crippen molar-refractivity contribution in [1.29, 1.82) is 0 Å². The third-order valence-corrected chi connectivity index (χ3v) is 6.92. The maximum Gasteiger partial charge on any atom is 0.387 e. The predicted molar refractivity (Wildman–Crippen MR) is 129 cm³/mol. The van der Waals surface area contributed by atoms with Gasteiger partial charge in [0.1, 0.15) is 18.2 Å². The minimum absolute atomic E-state index is 0.187. The third-order valence-electron chi connectivity index (χ3n) is 6.92. The van der Waals surface area contributed by atoms with Gasteiger partial charge in [-0.1, -0.05) is 6.07 Å². The Labute approximate surface area is 206 Å². The molecule has 1 saturated carbocycles. The van der Waals surface area contributed by atoms with Crippen molar-refractivity contribution in [2.24, 2.45) is 5.73 Å². The van der Waals surface area contributed by atoms with E-state index in [1.165, 1.54) is 6.33 Å². The van der Waals surface area contributed by atoms with Crippen molar-refractivity contribution in [3.8, 4) is 17.0 Å². The number of halogens is 2. The molecule has 3 aromatic heterocycles. The molecule has 2 atom stereocenters. The minimum atomic E-state index is -2.89. The average molecular weight is 487 g/mol. The second-order valence-corrected chi connectivity index (χ2v) is 9.23. The Kier molecular flexibility index (Phi) is 5.46. The van der Waals surface area contributed by atoms with Crippen LogP contribution >= 0.6 is 0 Å². The van der Waals surface area contributed by atoms with Gasteiger partial charge < -0.3 is 10.5 Å². The molecule has 1 aromatic carbocycles. The Balaban J connectivity index is 1.60. The number of aromatic nitrogens is 4. The molecule has 2 aliphatic rings. The van der Waals surface area contributed by atoms with Crippen molar-refractivity contribution in [1.82, 2.24) is 25.3 Å². The normalized spacial score (nSPS) is 21.0. The number of nitrogens with two attached hydrogens (primary N) is 1. The average Bonchev–Trinajstić information content (AvgIpc) is 3.69. The fraction of sp³-hybridized carbons (Fsp3) is 0.259. The summed E-state index contributed by atoms with van der Waals surface area (Å²) < 4.78 is 31.6. The zero-order valence-electron chi connectivity index (χ0n) is 19.5. The molecule has 4 aromatic rings. The summed E-state index contributed by atoms with van der Waals surface area (Å²) in [6, 6.07) is 11.7. The fourth-order valence-corrected chi connectivity index (χ4v) is 5.22. The van der Waals surface area contributed by atoms with Crippen molar-refractivity contribution in [2.45, 2.75) is 44.0 Å². The predicted octanol–water partition coefficient (Wildman–Crippen LogP) is 4.57. The van der Waals surface area contributed by atoms with Crippen LogP contribution in [0.2, 0.25) is 0 Å².